The van der Waals surface area contributed by atoms with Gasteiger partial charge in [0.15, 0.2) is 5.13 Å². The van der Waals surface area contributed by atoms with E-state index in [1.54, 1.807) is 22.2 Å². The zero-order valence-electron chi connectivity index (χ0n) is 8.06. The van der Waals surface area contributed by atoms with Crippen molar-refractivity contribution >= 4 is 16.5 Å². The normalized spacial score (nSPS) is 10.4. The molecule has 0 saturated heterocycles. The molecule has 0 amide bonds. The zero-order chi connectivity index (χ0) is 9.97. The van der Waals surface area contributed by atoms with Gasteiger partial charge in [-0.3, -0.25) is 0 Å². The van der Waals surface area contributed by atoms with Gasteiger partial charge in [-0.2, -0.15) is 0 Å². The molecule has 0 aromatic carbocycles. The van der Waals surface area contributed by atoms with Crippen molar-refractivity contribution in [1.82, 2.24) is 20.0 Å². The van der Waals surface area contributed by atoms with Crippen LogP contribution in [0, 0.1) is 0 Å². The molecule has 74 valence electrons. The van der Waals surface area contributed by atoms with Crippen molar-refractivity contribution in [2.45, 2.75) is 6.92 Å². The number of nitrogens with zero attached hydrogens (tertiary/aromatic N) is 4. The highest BCUT2D eigenvalue weighted by Crippen LogP contribution is 2.23. The lowest BCUT2D eigenvalue weighted by molar-refractivity contribution is 0.719. The minimum atomic E-state index is 0.886. The first kappa shape index (κ1) is 9.14. The van der Waals surface area contributed by atoms with Crippen LogP contribution < -0.4 is 5.32 Å². The molecular weight excluding hydrogens is 198 g/mol. The fourth-order valence-corrected chi connectivity index (χ4v) is 1.92. The van der Waals surface area contributed by atoms with Crippen LogP contribution in [0.15, 0.2) is 11.6 Å². The van der Waals surface area contributed by atoms with E-state index in [4.69, 9.17) is 0 Å². The summed E-state index contributed by atoms with van der Waals surface area (Å²) in [4.78, 5) is 4.41. The fourth-order valence-electron chi connectivity index (χ4n) is 1.15. The van der Waals surface area contributed by atoms with Crippen molar-refractivity contribution in [3.63, 3.8) is 0 Å². The van der Waals surface area contributed by atoms with Gasteiger partial charge in [0.05, 0.1) is 6.20 Å². The summed E-state index contributed by atoms with van der Waals surface area (Å²) in [5.41, 5.74) is 1.85. The van der Waals surface area contributed by atoms with E-state index in [-0.39, 0.29) is 0 Å². The van der Waals surface area contributed by atoms with Crippen molar-refractivity contribution in [2.24, 2.45) is 7.05 Å². The predicted molar refractivity (Wildman–Crippen MR) is 56.3 cm³/mol. The topological polar surface area (TPSA) is 55.6 Å². The third-order valence-electron chi connectivity index (χ3n) is 1.81. The average molecular weight is 209 g/mol. The smallest absolute Gasteiger partial charge is 0.183 e. The molecule has 0 spiro atoms. The van der Waals surface area contributed by atoms with E-state index < -0.39 is 0 Å². The zero-order valence-corrected chi connectivity index (χ0v) is 8.88. The van der Waals surface area contributed by atoms with Crippen LogP contribution in [0.5, 0.6) is 0 Å². The van der Waals surface area contributed by atoms with E-state index in [0.717, 1.165) is 23.1 Å². The van der Waals surface area contributed by atoms with Crippen LogP contribution in [0.2, 0.25) is 0 Å². The number of thiazole rings is 1. The molecule has 0 unspecified atom stereocenters. The molecule has 14 heavy (non-hydrogen) atoms. The number of aromatic nitrogens is 4. The molecule has 2 heterocycles. The van der Waals surface area contributed by atoms with Crippen molar-refractivity contribution in [3.05, 3.63) is 11.6 Å². The third-order valence-corrected chi connectivity index (χ3v) is 2.61. The van der Waals surface area contributed by atoms with Crippen molar-refractivity contribution in [2.75, 3.05) is 11.9 Å². The van der Waals surface area contributed by atoms with Crippen molar-refractivity contribution in [1.29, 1.82) is 0 Å². The number of nitrogens with one attached hydrogen (secondary N) is 1. The maximum Gasteiger partial charge on any atom is 0.183 e. The minimum Gasteiger partial charge on any atom is -0.362 e. The van der Waals surface area contributed by atoms with E-state index in [2.05, 4.69) is 20.6 Å². The fraction of sp³-hybridized carbons (Fsp3) is 0.375. The van der Waals surface area contributed by atoms with Gasteiger partial charge in [-0.1, -0.05) is 5.21 Å². The lowest BCUT2D eigenvalue weighted by atomic mass is 10.4. The molecule has 6 heteroatoms. The molecule has 2 rings (SSSR count). The average Bonchev–Trinajstić information content (AvgIpc) is 2.74. The molecule has 0 fully saturated rings. The third kappa shape index (κ3) is 1.60. The SMILES string of the molecule is CCNc1nc(-c2cnnn2C)cs1. The number of hydrogen-bond acceptors (Lipinski definition) is 5. The van der Waals surface area contributed by atoms with Crippen LogP contribution in [0.4, 0.5) is 5.13 Å². The molecule has 0 aliphatic heterocycles. The monoisotopic (exact) mass is 209 g/mol. The Balaban J connectivity index is 2.29. The van der Waals surface area contributed by atoms with Crippen LogP contribution in [0.1, 0.15) is 6.92 Å². The number of rotatable bonds is 3. The second-order valence-corrected chi connectivity index (χ2v) is 3.67. The van der Waals surface area contributed by atoms with Crippen LogP contribution in [-0.4, -0.2) is 26.5 Å². The first-order valence-electron chi connectivity index (χ1n) is 4.35. The summed E-state index contributed by atoms with van der Waals surface area (Å²) in [5, 5.41) is 13.8. The van der Waals surface area contributed by atoms with E-state index in [1.165, 1.54) is 0 Å². The Bertz CT molecular complexity index is 419. The lowest BCUT2D eigenvalue weighted by Crippen LogP contribution is -1.96. The summed E-state index contributed by atoms with van der Waals surface area (Å²) in [6.45, 7) is 2.93. The van der Waals surface area contributed by atoms with Crippen LogP contribution >= 0.6 is 11.3 Å². The predicted octanol–water partition coefficient (Wildman–Crippen LogP) is 1.37. The summed E-state index contributed by atoms with van der Waals surface area (Å²) in [5.74, 6) is 0. The summed E-state index contributed by atoms with van der Waals surface area (Å²) in [6.07, 6.45) is 1.71. The molecule has 2 aromatic rings. The molecular formula is C8H11N5S. The number of hydrogen-bond donors (Lipinski definition) is 1. The van der Waals surface area contributed by atoms with Crippen molar-refractivity contribution < 1.29 is 0 Å². The Morgan fingerprint density at radius 3 is 3.07 bits per heavy atom. The van der Waals surface area contributed by atoms with E-state index in [9.17, 15) is 0 Å². The standard InChI is InChI=1S/C8H11N5S/c1-3-9-8-11-6(5-14-8)7-4-10-12-13(7)2/h4-5H,3H2,1-2H3,(H,9,11). The Morgan fingerprint density at radius 2 is 2.43 bits per heavy atom. The summed E-state index contributed by atoms with van der Waals surface area (Å²) in [6, 6.07) is 0. The van der Waals surface area contributed by atoms with E-state index in [1.807, 2.05) is 19.4 Å². The summed E-state index contributed by atoms with van der Waals surface area (Å²) >= 11 is 1.59. The summed E-state index contributed by atoms with van der Waals surface area (Å²) in [7, 11) is 1.86. The first-order chi connectivity index (χ1) is 6.81. The Morgan fingerprint density at radius 1 is 1.57 bits per heavy atom. The molecule has 1 N–H and O–H groups in total. The van der Waals surface area contributed by atoms with Gasteiger partial charge in [0.25, 0.3) is 0 Å². The Kier molecular flexibility index (Phi) is 2.45. The Labute approximate surface area is 85.8 Å². The Hall–Kier alpha value is -1.43. The van der Waals surface area contributed by atoms with Crippen LogP contribution in [-0.2, 0) is 7.05 Å². The molecule has 0 bridgehead atoms. The lowest BCUT2D eigenvalue weighted by Gasteiger charge is -1.95. The van der Waals surface area contributed by atoms with Crippen LogP contribution in [0.3, 0.4) is 0 Å². The van der Waals surface area contributed by atoms with Gasteiger partial charge in [0.1, 0.15) is 11.4 Å². The molecule has 5 nitrogen and oxygen atoms in total. The van der Waals surface area contributed by atoms with Gasteiger partial charge in [-0.25, -0.2) is 9.67 Å². The van der Waals surface area contributed by atoms with Gasteiger partial charge in [-0.05, 0) is 6.92 Å². The van der Waals surface area contributed by atoms with Gasteiger partial charge in [0, 0.05) is 19.0 Å². The molecule has 0 aliphatic rings. The minimum absolute atomic E-state index is 0.886. The quantitative estimate of drug-likeness (QED) is 0.829. The van der Waals surface area contributed by atoms with Crippen molar-refractivity contribution in [3.8, 4) is 11.4 Å². The number of anilines is 1. The molecule has 0 saturated carbocycles. The molecule has 0 radical (unpaired) electrons. The number of aryl methyl sites for hydroxylation is 1. The molecule has 2 aromatic heterocycles. The van der Waals surface area contributed by atoms with Gasteiger partial charge in [0.2, 0.25) is 0 Å². The highest BCUT2D eigenvalue weighted by molar-refractivity contribution is 7.14. The van der Waals surface area contributed by atoms with E-state index >= 15 is 0 Å². The van der Waals surface area contributed by atoms with E-state index in [0.29, 0.717) is 0 Å². The largest absolute Gasteiger partial charge is 0.362 e. The molecule has 0 aliphatic carbocycles. The van der Waals surface area contributed by atoms with Crippen LogP contribution in [0.25, 0.3) is 11.4 Å². The summed E-state index contributed by atoms with van der Waals surface area (Å²) < 4.78 is 1.71. The molecule has 0 atom stereocenters. The maximum absolute atomic E-state index is 4.41. The van der Waals surface area contributed by atoms with Gasteiger partial charge < -0.3 is 5.32 Å². The first-order valence-corrected chi connectivity index (χ1v) is 5.23. The second kappa shape index (κ2) is 3.75. The maximum atomic E-state index is 4.41. The van der Waals surface area contributed by atoms with Gasteiger partial charge in [-0.15, -0.1) is 16.4 Å². The highest BCUT2D eigenvalue weighted by Gasteiger charge is 2.07. The van der Waals surface area contributed by atoms with Gasteiger partial charge >= 0.3 is 0 Å². The highest BCUT2D eigenvalue weighted by atomic mass is 32.1. The second-order valence-electron chi connectivity index (χ2n) is 2.81.